The van der Waals surface area contributed by atoms with Gasteiger partial charge in [-0.25, -0.2) is 9.07 Å². The molecule has 2 aromatic heterocycles. The Balaban J connectivity index is 1.14. The first-order valence-corrected chi connectivity index (χ1v) is 12.9. The third-order valence-corrected chi connectivity index (χ3v) is 10.0. The summed E-state index contributed by atoms with van der Waals surface area (Å²) in [5, 5.41) is 10.3. The lowest BCUT2D eigenvalue weighted by atomic mass is 9.59. The van der Waals surface area contributed by atoms with Crippen LogP contribution in [0.25, 0.3) is 0 Å². The molecule has 1 aromatic carbocycles. The fourth-order valence-electron chi connectivity index (χ4n) is 7.04. The van der Waals surface area contributed by atoms with E-state index in [0.29, 0.717) is 28.3 Å². The minimum Gasteiger partial charge on any atom is -0.361 e. The van der Waals surface area contributed by atoms with Gasteiger partial charge in [-0.1, -0.05) is 24.6 Å². The highest BCUT2D eigenvalue weighted by Gasteiger charge is 2.83. The minimum atomic E-state index is -0.311. The van der Waals surface area contributed by atoms with E-state index < -0.39 is 0 Å². The number of rotatable bonds is 4. The molecule has 4 heterocycles. The van der Waals surface area contributed by atoms with Gasteiger partial charge >= 0.3 is 0 Å². The van der Waals surface area contributed by atoms with Gasteiger partial charge in [0.15, 0.2) is 0 Å². The fourth-order valence-corrected chi connectivity index (χ4v) is 8.10. The van der Waals surface area contributed by atoms with E-state index in [4.69, 9.17) is 21.7 Å². The van der Waals surface area contributed by atoms with Gasteiger partial charge in [0.25, 0.3) is 0 Å². The van der Waals surface area contributed by atoms with Gasteiger partial charge in [-0.15, -0.1) is 5.10 Å². The van der Waals surface area contributed by atoms with Crippen molar-refractivity contribution in [3.63, 3.8) is 0 Å². The largest absolute Gasteiger partial charge is 0.361 e. The number of nitrogens with one attached hydrogen (secondary N) is 1. The standard InChI is InChI=1S/C24H26ClFN6S/c1-13-8-19(33-30-13)31-11-23(2)20(17-10-24(17,23)12-31)27-22-28-21-16(4-3-7-32(21)29-22)15-6-5-14(26)9-18(15)25/h5-6,8-9,16-17,20H,3-4,7,10-12H2,1-2H3,(H,27,29)/t16?,17?,20?,23-,24?/m0/s1. The molecular formula is C24H26ClFN6S. The monoisotopic (exact) mass is 484 g/mol. The molecular weight excluding hydrogens is 459 g/mol. The van der Waals surface area contributed by atoms with E-state index in [0.717, 1.165) is 49.6 Å². The summed E-state index contributed by atoms with van der Waals surface area (Å²) < 4.78 is 20.1. The number of hydrogen-bond donors (Lipinski definition) is 1. The summed E-state index contributed by atoms with van der Waals surface area (Å²) in [4.78, 5) is 7.47. The fraction of sp³-hybridized carbons (Fsp3) is 0.542. The van der Waals surface area contributed by atoms with Crippen LogP contribution >= 0.6 is 23.1 Å². The predicted molar refractivity (Wildman–Crippen MR) is 128 cm³/mol. The van der Waals surface area contributed by atoms with Crippen LogP contribution in [0.2, 0.25) is 5.02 Å². The molecule has 172 valence electrons. The van der Waals surface area contributed by atoms with Crippen molar-refractivity contribution in [3.05, 3.63) is 52.2 Å². The first kappa shape index (κ1) is 20.2. The van der Waals surface area contributed by atoms with E-state index in [1.165, 1.54) is 23.6 Å². The third-order valence-electron chi connectivity index (χ3n) is 8.78. The SMILES string of the molecule is Cc1cc(N2CC34CC3C(Nc3nc5n(n3)CCCC5c3ccc(F)cc3Cl)[C@]4(C)C2)sn1. The van der Waals surface area contributed by atoms with Crippen molar-refractivity contribution < 1.29 is 4.39 Å². The second-order valence-electron chi connectivity index (χ2n) is 10.5. The van der Waals surface area contributed by atoms with Gasteiger partial charge in [0, 0.05) is 47.4 Å². The molecule has 1 N–H and O–H groups in total. The van der Waals surface area contributed by atoms with Crippen molar-refractivity contribution in [2.75, 3.05) is 23.3 Å². The molecule has 9 heteroatoms. The van der Waals surface area contributed by atoms with Gasteiger partial charge in [-0.3, -0.25) is 0 Å². The Morgan fingerprint density at radius 3 is 2.94 bits per heavy atom. The average molecular weight is 485 g/mol. The highest BCUT2D eigenvalue weighted by Crippen LogP contribution is 2.80. The second kappa shape index (κ2) is 6.69. The molecule has 7 rings (SSSR count). The molecule has 1 saturated heterocycles. The third kappa shape index (κ3) is 2.74. The lowest BCUT2D eigenvalue weighted by Crippen LogP contribution is -2.56. The number of benzene rings is 1. The van der Waals surface area contributed by atoms with Gasteiger partial charge in [-0.05, 0) is 67.4 Å². The summed E-state index contributed by atoms with van der Waals surface area (Å²) in [6.07, 6.45) is 3.22. The quantitative estimate of drug-likeness (QED) is 0.559. The number of aryl methyl sites for hydroxylation is 2. The Kier molecular flexibility index (Phi) is 4.10. The van der Waals surface area contributed by atoms with Crippen LogP contribution in [0.5, 0.6) is 0 Å². The Labute approximate surface area is 201 Å². The molecule has 3 fully saturated rings. The zero-order valence-electron chi connectivity index (χ0n) is 18.7. The molecule has 5 atom stereocenters. The molecule has 2 aliphatic heterocycles. The average Bonchev–Trinajstić information content (AvgIpc) is 3.05. The van der Waals surface area contributed by atoms with Crippen LogP contribution in [-0.2, 0) is 6.54 Å². The smallest absolute Gasteiger partial charge is 0.242 e. The molecule has 0 radical (unpaired) electrons. The zero-order valence-corrected chi connectivity index (χ0v) is 20.3. The van der Waals surface area contributed by atoms with Crippen molar-refractivity contribution in [1.82, 2.24) is 19.1 Å². The van der Waals surface area contributed by atoms with Gasteiger partial charge in [-0.2, -0.15) is 9.36 Å². The first-order chi connectivity index (χ1) is 15.9. The molecule has 0 bridgehead atoms. The van der Waals surface area contributed by atoms with Crippen LogP contribution in [-0.4, -0.2) is 38.3 Å². The summed E-state index contributed by atoms with van der Waals surface area (Å²) in [7, 11) is 0. The Hall–Kier alpha value is -2.19. The Bertz CT molecular complexity index is 1270. The van der Waals surface area contributed by atoms with E-state index >= 15 is 0 Å². The van der Waals surface area contributed by atoms with Crippen molar-refractivity contribution >= 4 is 34.1 Å². The molecule has 2 saturated carbocycles. The van der Waals surface area contributed by atoms with E-state index in [2.05, 4.69) is 34.5 Å². The number of aromatic nitrogens is 4. The van der Waals surface area contributed by atoms with E-state index in [-0.39, 0.29) is 17.2 Å². The minimum absolute atomic E-state index is 0.0448. The van der Waals surface area contributed by atoms with Crippen molar-refractivity contribution in [1.29, 1.82) is 0 Å². The maximum atomic E-state index is 13.6. The molecule has 3 aromatic rings. The molecule has 33 heavy (non-hydrogen) atoms. The summed E-state index contributed by atoms with van der Waals surface area (Å²) in [5.74, 6) is 2.06. The molecule has 6 nitrogen and oxygen atoms in total. The van der Waals surface area contributed by atoms with Crippen LogP contribution < -0.4 is 10.2 Å². The summed E-state index contributed by atoms with van der Waals surface area (Å²) in [6, 6.07) is 7.26. The summed E-state index contributed by atoms with van der Waals surface area (Å²) in [5.41, 5.74) is 2.66. The van der Waals surface area contributed by atoms with E-state index in [1.54, 1.807) is 17.6 Å². The lowest BCUT2D eigenvalue weighted by Gasteiger charge is -2.48. The van der Waals surface area contributed by atoms with Gasteiger partial charge in [0.2, 0.25) is 5.95 Å². The normalized spacial score (nSPS) is 33.8. The van der Waals surface area contributed by atoms with E-state index in [1.807, 2.05) is 4.68 Å². The van der Waals surface area contributed by atoms with Crippen LogP contribution in [0.4, 0.5) is 15.3 Å². The Morgan fingerprint density at radius 1 is 1.27 bits per heavy atom. The number of hydrogen-bond acceptors (Lipinski definition) is 6. The number of nitrogens with zero attached hydrogens (tertiary/aromatic N) is 5. The summed E-state index contributed by atoms with van der Waals surface area (Å²) >= 11 is 8.01. The molecule has 4 unspecified atom stereocenters. The molecule has 0 amide bonds. The number of halogens is 2. The highest BCUT2D eigenvalue weighted by molar-refractivity contribution is 7.10. The van der Waals surface area contributed by atoms with Crippen LogP contribution in [0.15, 0.2) is 24.3 Å². The first-order valence-electron chi connectivity index (χ1n) is 11.7. The van der Waals surface area contributed by atoms with Crippen molar-refractivity contribution in [3.8, 4) is 0 Å². The predicted octanol–water partition coefficient (Wildman–Crippen LogP) is 5.09. The topological polar surface area (TPSA) is 58.9 Å². The zero-order chi connectivity index (χ0) is 22.5. The lowest BCUT2D eigenvalue weighted by molar-refractivity contribution is 0.0705. The van der Waals surface area contributed by atoms with Crippen molar-refractivity contribution in [2.24, 2.45) is 16.7 Å². The van der Waals surface area contributed by atoms with Crippen LogP contribution in [0.3, 0.4) is 0 Å². The van der Waals surface area contributed by atoms with Gasteiger partial charge in [0.1, 0.15) is 16.6 Å². The highest BCUT2D eigenvalue weighted by atomic mass is 35.5. The van der Waals surface area contributed by atoms with Crippen LogP contribution in [0, 0.1) is 29.5 Å². The summed E-state index contributed by atoms with van der Waals surface area (Å²) in [6.45, 7) is 7.52. The maximum Gasteiger partial charge on any atom is 0.242 e. The number of fused-ring (bicyclic) bond motifs is 1. The van der Waals surface area contributed by atoms with Gasteiger partial charge < -0.3 is 10.2 Å². The van der Waals surface area contributed by atoms with E-state index in [9.17, 15) is 4.39 Å². The van der Waals surface area contributed by atoms with Crippen molar-refractivity contribution in [2.45, 2.75) is 51.6 Å². The molecule has 4 aliphatic rings. The molecule has 1 spiro atoms. The second-order valence-corrected chi connectivity index (χ2v) is 11.7. The number of anilines is 2. The van der Waals surface area contributed by atoms with Crippen LogP contribution in [0.1, 0.15) is 49.2 Å². The van der Waals surface area contributed by atoms with Gasteiger partial charge in [0.05, 0.1) is 5.69 Å². The maximum absolute atomic E-state index is 13.6. The Morgan fingerprint density at radius 2 is 2.15 bits per heavy atom. The molecule has 2 aliphatic carbocycles.